The Morgan fingerprint density at radius 1 is 1.50 bits per heavy atom. The molecule has 0 aromatic carbocycles. The summed E-state index contributed by atoms with van der Waals surface area (Å²) in [7, 11) is 0. The van der Waals surface area contributed by atoms with Crippen molar-refractivity contribution in [2.45, 2.75) is 45.6 Å². The van der Waals surface area contributed by atoms with Gasteiger partial charge >= 0.3 is 0 Å². The maximum Gasteiger partial charge on any atom is 0.222 e. The molecule has 0 aliphatic carbocycles. The molecule has 1 amide bonds. The van der Waals surface area contributed by atoms with Crippen molar-refractivity contribution < 1.29 is 4.79 Å². The molecule has 1 N–H and O–H groups in total. The number of rotatable bonds is 4. The lowest BCUT2D eigenvalue weighted by molar-refractivity contribution is -0.134. The van der Waals surface area contributed by atoms with Crippen LogP contribution in [0, 0.1) is 0 Å². The third-order valence-corrected chi connectivity index (χ3v) is 2.82. The molecule has 82 valence electrons. The van der Waals surface area contributed by atoms with Gasteiger partial charge in [0.2, 0.25) is 5.91 Å². The van der Waals surface area contributed by atoms with Crippen LogP contribution in [0.3, 0.4) is 0 Å². The fourth-order valence-corrected chi connectivity index (χ4v) is 1.88. The second-order valence-electron chi connectivity index (χ2n) is 4.10. The molecular formula is C11H22N2O. The smallest absolute Gasteiger partial charge is 0.222 e. The van der Waals surface area contributed by atoms with E-state index in [1.165, 1.54) is 12.8 Å². The van der Waals surface area contributed by atoms with Crippen LogP contribution in [0.15, 0.2) is 0 Å². The number of nitrogens with zero attached hydrogens (tertiary/aromatic N) is 1. The van der Waals surface area contributed by atoms with Gasteiger partial charge in [-0.2, -0.15) is 0 Å². The fraction of sp³-hybridized carbons (Fsp3) is 0.909. The average Bonchev–Trinajstić information content (AvgIpc) is 2.18. The monoisotopic (exact) mass is 198 g/mol. The molecule has 3 heteroatoms. The molecule has 0 unspecified atom stereocenters. The van der Waals surface area contributed by atoms with Crippen LogP contribution in [0.4, 0.5) is 0 Å². The molecule has 1 heterocycles. The lowest BCUT2D eigenvalue weighted by atomic mass is 10.1. The molecule has 3 nitrogen and oxygen atoms in total. The van der Waals surface area contributed by atoms with Crippen molar-refractivity contribution in [2.75, 3.05) is 19.6 Å². The third-order valence-electron chi connectivity index (χ3n) is 2.82. The topological polar surface area (TPSA) is 32.3 Å². The first-order valence-corrected chi connectivity index (χ1v) is 5.76. The summed E-state index contributed by atoms with van der Waals surface area (Å²) in [6, 6.07) is 0.373. The molecule has 1 atom stereocenters. The minimum atomic E-state index is 0.340. The number of nitrogens with one attached hydrogen (secondary N) is 1. The van der Waals surface area contributed by atoms with E-state index in [0.717, 1.165) is 32.5 Å². The zero-order chi connectivity index (χ0) is 10.4. The minimum Gasteiger partial charge on any atom is -0.337 e. The van der Waals surface area contributed by atoms with Crippen LogP contribution in [0.1, 0.15) is 39.5 Å². The van der Waals surface area contributed by atoms with E-state index in [4.69, 9.17) is 0 Å². The normalized spacial score (nSPS) is 22.4. The van der Waals surface area contributed by atoms with Crippen LogP contribution in [-0.2, 0) is 4.79 Å². The highest BCUT2D eigenvalue weighted by Gasteiger charge is 2.21. The lowest BCUT2D eigenvalue weighted by Crippen LogP contribution is -2.52. The molecule has 1 rings (SSSR count). The highest BCUT2D eigenvalue weighted by molar-refractivity contribution is 5.76. The SMILES string of the molecule is CCCCCC(=O)N1CCNC[C@@H]1C. The first-order chi connectivity index (χ1) is 6.75. The minimum absolute atomic E-state index is 0.340. The predicted octanol–water partition coefficient (Wildman–Crippen LogP) is 1.39. The molecule has 0 bridgehead atoms. The summed E-state index contributed by atoms with van der Waals surface area (Å²) in [5.74, 6) is 0.340. The van der Waals surface area contributed by atoms with Crippen LogP contribution >= 0.6 is 0 Å². The van der Waals surface area contributed by atoms with Crippen molar-refractivity contribution in [1.82, 2.24) is 10.2 Å². The van der Waals surface area contributed by atoms with E-state index in [-0.39, 0.29) is 0 Å². The number of hydrogen-bond donors (Lipinski definition) is 1. The van der Waals surface area contributed by atoms with Gasteiger partial charge in [0.05, 0.1) is 0 Å². The van der Waals surface area contributed by atoms with E-state index in [9.17, 15) is 4.79 Å². The van der Waals surface area contributed by atoms with E-state index in [1.54, 1.807) is 0 Å². The number of carbonyl (C=O) groups is 1. The molecular weight excluding hydrogens is 176 g/mol. The van der Waals surface area contributed by atoms with Crippen molar-refractivity contribution in [3.8, 4) is 0 Å². The van der Waals surface area contributed by atoms with E-state index in [0.29, 0.717) is 11.9 Å². The Balaban J connectivity index is 2.27. The van der Waals surface area contributed by atoms with Crippen LogP contribution < -0.4 is 5.32 Å². The summed E-state index contributed by atoms with van der Waals surface area (Å²) in [5.41, 5.74) is 0. The Morgan fingerprint density at radius 3 is 2.93 bits per heavy atom. The Kier molecular flexibility index (Phi) is 4.94. The highest BCUT2D eigenvalue weighted by atomic mass is 16.2. The second kappa shape index (κ2) is 6.02. The molecule has 14 heavy (non-hydrogen) atoms. The molecule has 1 fully saturated rings. The zero-order valence-corrected chi connectivity index (χ0v) is 9.38. The van der Waals surface area contributed by atoms with Gasteiger partial charge in [0.25, 0.3) is 0 Å². The van der Waals surface area contributed by atoms with Crippen molar-refractivity contribution in [3.63, 3.8) is 0 Å². The third kappa shape index (κ3) is 3.29. The molecule has 0 saturated carbocycles. The van der Waals surface area contributed by atoms with Gasteiger partial charge < -0.3 is 10.2 Å². The van der Waals surface area contributed by atoms with Crippen LogP contribution in [-0.4, -0.2) is 36.5 Å². The summed E-state index contributed by atoms with van der Waals surface area (Å²) in [5, 5.41) is 3.29. The summed E-state index contributed by atoms with van der Waals surface area (Å²) in [4.78, 5) is 13.8. The number of hydrogen-bond acceptors (Lipinski definition) is 2. The number of amides is 1. The van der Waals surface area contributed by atoms with Gasteiger partial charge in [0.1, 0.15) is 0 Å². The van der Waals surface area contributed by atoms with E-state index in [2.05, 4.69) is 19.2 Å². The molecule has 0 aromatic rings. The zero-order valence-electron chi connectivity index (χ0n) is 9.38. The molecule has 1 aliphatic rings. The van der Waals surface area contributed by atoms with Crippen molar-refractivity contribution in [1.29, 1.82) is 0 Å². The Labute approximate surface area is 86.9 Å². The van der Waals surface area contributed by atoms with Crippen molar-refractivity contribution >= 4 is 5.91 Å². The fourth-order valence-electron chi connectivity index (χ4n) is 1.88. The van der Waals surface area contributed by atoms with Gasteiger partial charge in [-0.3, -0.25) is 4.79 Å². The van der Waals surface area contributed by atoms with E-state index in [1.807, 2.05) is 4.90 Å². The number of carbonyl (C=O) groups excluding carboxylic acids is 1. The summed E-state index contributed by atoms with van der Waals surface area (Å²) in [6.07, 6.45) is 4.14. The standard InChI is InChI=1S/C11H22N2O/c1-3-4-5-6-11(14)13-8-7-12-9-10(13)2/h10,12H,3-9H2,1-2H3/t10-/m0/s1. The highest BCUT2D eigenvalue weighted by Crippen LogP contribution is 2.08. The van der Waals surface area contributed by atoms with Crippen LogP contribution in [0.2, 0.25) is 0 Å². The van der Waals surface area contributed by atoms with Gasteiger partial charge in [0.15, 0.2) is 0 Å². The first-order valence-electron chi connectivity index (χ1n) is 5.76. The van der Waals surface area contributed by atoms with Crippen LogP contribution in [0.25, 0.3) is 0 Å². The maximum atomic E-state index is 11.8. The predicted molar refractivity (Wildman–Crippen MR) is 58.2 cm³/mol. The maximum absolute atomic E-state index is 11.8. The van der Waals surface area contributed by atoms with Gasteiger partial charge in [-0.1, -0.05) is 19.8 Å². The summed E-state index contributed by atoms with van der Waals surface area (Å²) >= 11 is 0. The average molecular weight is 198 g/mol. The van der Waals surface area contributed by atoms with Gasteiger partial charge in [0, 0.05) is 32.1 Å². The quantitative estimate of drug-likeness (QED) is 0.692. The van der Waals surface area contributed by atoms with Gasteiger partial charge in [-0.15, -0.1) is 0 Å². The van der Waals surface area contributed by atoms with E-state index >= 15 is 0 Å². The first kappa shape index (κ1) is 11.5. The summed E-state index contributed by atoms with van der Waals surface area (Å²) in [6.45, 7) is 7.05. The lowest BCUT2D eigenvalue weighted by Gasteiger charge is -2.34. The Bertz CT molecular complexity index is 182. The van der Waals surface area contributed by atoms with Crippen LogP contribution in [0.5, 0.6) is 0 Å². The number of piperazine rings is 1. The summed E-state index contributed by atoms with van der Waals surface area (Å²) < 4.78 is 0. The van der Waals surface area contributed by atoms with E-state index < -0.39 is 0 Å². The van der Waals surface area contributed by atoms with Gasteiger partial charge in [-0.25, -0.2) is 0 Å². The van der Waals surface area contributed by atoms with Crippen molar-refractivity contribution in [3.05, 3.63) is 0 Å². The van der Waals surface area contributed by atoms with Crippen molar-refractivity contribution in [2.24, 2.45) is 0 Å². The molecule has 1 aliphatic heterocycles. The molecule has 1 saturated heterocycles. The molecule has 0 aromatic heterocycles. The second-order valence-corrected chi connectivity index (χ2v) is 4.10. The number of unbranched alkanes of at least 4 members (excludes halogenated alkanes) is 2. The largest absolute Gasteiger partial charge is 0.337 e. The molecule has 0 radical (unpaired) electrons. The molecule has 0 spiro atoms. The van der Waals surface area contributed by atoms with Gasteiger partial charge in [-0.05, 0) is 13.3 Å². The Morgan fingerprint density at radius 2 is 2.29 bits per heavy atom. The Hall–Kier alpha value is -0.570.